The quantitative estimate of drug-likeness (QED) is 0.756. The Labute approximate surface area is 101 Å². The molecular weight excluding hydrogens is 214 g/mol. The molecule has 0 aliphatic rings. The first-order chi connectivity index (χ1) is 8.21. The molecule has 0 spiro atoms. The number of carbonyl (C=O) groups is 1. The molecule has 3 heteroatoms. The van der Waals surface area contributed by atoms with E-state index in [1.165, 1.54) is 0 Å². The Bertz CT molecular complexity index is 555. The molecule has 0 amide bonds. The van der Waals surface area contributed by atoms with Crippen molar-refractivity contribution < 1.29 is 9.53 Å². The number of benzene rings is 1. The van der Waals surface area contributed by atoms with Gasteiger partial charge in [-0.15, -0.1) is 0 Å². The summed E-state index contributed by atoms with van der Waals surface area (Å²) in [5.74, 6) is 1.01. The number of rotatable bonds is 4. The second-order valence-corrected chi connectivity index (χ2v) is 3.99. The zero-order valence-corrected chi connectivity index (χ0v) is 10.5. The topological polar surface area (TPSA) is 31.2 Å². The van der Waals surface area contributed by atoms with Gasteiger partial charge in [-0.25, -0.2) is 0 Å². The van der Waals surface area contributed by atoms with Crippen LogP contribution in [0.25, 0.3) is 10.9 Å². The lowest BCUT2D eigenvalue weighted by Crippen LogP contribution is -1.95. The number of methoxy groups -OCH3 is 1. The first-order valence-corrected chi connectivity index (χ1v) is 5.91. The zero-order chi connectivity index (χ0) is 12.4. The SMILES string of the molecule is CCC(=O)c1cn(CC)c2cc(OC)ccc12. The van der Waals surface area contributed by atoms with Gasteiger partial charge >= 0.3 is 0 Å². The Kier molecular flexibility index (Phi) is 3.18. The van der Waals surface area contributed by atoms with Crippen LogP contribution in [0.2, 0.25) is 0 Å². The number of Topliss-reactive ketones (excluding diaryl/α,β-unsaturated/α-hetero) is 1. The van der Waals surface area contributed by atoms with E-state index >= 15 is 0 Å². The molecule has 0 radical (unpaired) electrons. The molecule has 3 nitrogen and oxygen atoms in total. The highest BCUT2D eigenvalue weighted by molar-refractivity contribution is 6.08. The van der Waals surface area contributed by atoms with Crippen molar-refractivity contribution in [3.8, 4) is 5.75 Å². The maximum atomic E-state index is 11.9. The third-order valence-electron chi connectivity index (χ3n) is 3.05. The number of nitrogens with zero attached hydrogens (tertiary/aromatic N) is 1. The third kappa shape index (κ3) is 1.93. The molecule has 0 unspecified atom stereocenters. The van der Waals surface area contributed by atoms with Crippen molar-refractivity contribution >= 4 is 16.7 Å². The largest absolute Gasteiger partial charge is 0.497 e. The van der Waals surface area contributed by atoms with Crippen molar-refractivity contribution in [1.82, 2.24) is 4.57 Å². The molecule has 0 aliphatic heterocycles. The van der Waals surface area contributed by atoms with Gasteiger partial charge < -0.3 is 9.30 Å². The van der Waals surface area contributed by atoms with Gasteiger partial charge in [-0.1, -0.05) is 6.92 Å². The van der Waals surface area contributed by atoms with Crippen LogP contribution in [0.3, 0.4) is 0 Å². The molecular formula is C14H17NO2. The molecule has 0 saturated carbocycles. The molecule has 90 valence electrons. The second-order valence-electron chi connectivity index (χ2n) is 3.99. The average Bonchev–Trinajstić information content (AvgIpc) is 2.75. The van der Waals surface area contributed by atoms with E-state index in [4.69, 9.17) is 4.74 Å². The van der Waals surface area contributed by atoms with Crippen LogP contribution in [0.1, 0.15) is 30.6 Å². The van der Waals surface area contributed by atoms with Gasteiger partial charge in [0.25, 0.3) is 0 Å². The molecule has 1 aromatic heterocycles. The molecule has 0 atom stereocenters. The van der Waals surface area contributed by atoms with Crippen LogP contribution in [0.5, 0.6) is 5.75 Å². The molecule has 2 rings (SSSR count). The first-order valence-electron chi connectivity index (χ1n) is 5.91. The van der Waals surface area contributed by atoms with E-state index in [0.29, 0.717) is 6.42 Å². The van der Waals surface area contributed by atoms with Gasteiger partial charge in [-0.3, -0.25) is 4.79 Å². The van der Waals surface area contributed by atoms with Crippen LogP contribution in [0.15, 0.2) is 24.4 Å². The van der Waals surface area contributed by atoms with Crippen LogP contribution in [0.4, 0.5) is 0 Å². The van der Waals surface area contributed by atoms with Crippen molar-refractivity contribution in [1.29, 1.82) is 0 Å². The number of fused-ring (bicyclic) bond motifs is 1. The highest BCUT2D eigenvalue weighted by Crippen LogP contribution is 2.26. The van der Waals surface area contributed by atoms with Crippen LogP contribution in [0, 0.1) is 0 Å². The Morgan fingerprint density at radius 2 is 2.12 bits per heavy atom. The van der Waals surface area contributed by atoms with E-state index in [0.717, 1.165) is 28.8 Å². The monoisotopic (exact) mass is 231 g/mol. The average molecular weight is 231 g/mol. The van der Waals surface area contributed by atoms with E-state index in [2.05, 4.69) is 11.5 Å². The summed E-state index contributed by atoms with van der Waals surface area (Å²) in [6.07, 6.45) is 2.48. The maximum Gasteiger partial charge on any atom is 0.164 e. The molecule has 1 heterocycles. The molecule has 17 heavy (non-hydrogen) atoms. The van der Waals surface area contributed by atoms with Crippen molar-refractivity contribution in [3.63, 3.8) is 0 Å². The normalized spacial score (nSPS) is 10.8. The van der Waals surface area contributed by atoms with Gasteiger partial charge in [-0.05, 0) is 19.1 Å². The highest BCUT2D eigenvalue weighted by atomic mass is 16.5. The first kappa shape index (κ1) is 11.7. The summed E-state index contributed by atoms with van der Waals surface area (Å²) >= 11 is 0. The minimum Gasteiger partial charge on any atom is -0.497 e. The number of carbonyl (C=O) groups excluding carboxylic acids is 1. The van der Waals surface area contributed by atoms with E-state index in [1.807, 2.05) is 31.3 Å². The van der Waals surface area contributed by atoms with Crippen molar-refractivity contribution in [3.05, 3.63) is 30.0 Å². The fourth-order valence-corrected chi connectivity index (χ4v) is 2.07. The van der Waals surface area contributed by atoms with E-state index < -0.39 is 0 Å². The van der Waals surface area contributed by atoms with E-state index in [-0.39, 0.29) is 5.78 Å². The zero-order valence-electron chi connectivity index (χ0n) is 10.5. The van der Waals surface area contributed by atoms with Gasteiger partial charge in [-0.2, -0.15) is 0 Å². The summed E-state index contributed by atoms with van der Waals surface area (Å²) in [5.41, 5.74) is 1.87. The number of aromatic nitrogens is 1. The van der Waals surface area contributed by atoms with Crippen LogP contribution < -0.4 is 4.74 Å². The number of hydrogen-bond acceptors (Lipinski definition) is 2. The molecule has 1 aromatic carbocycles. The number of ether oxygens (including phenoxy) is 1. The molecule has 0 N–H and O–H groups in total. The maximum absolute atomic E-state index is 11.9. The number of aryl methyl sites for hydroxylation is 1. The Morgan fingerprint density at radius 3 is 2.71 bits per heavy atom. The van der Waals surface area contributed by atoms with Crippen LogP contribution >= 0.6 is 0 Å². The van der Waals surface area contributed by atoms with Gasteiger partial charge in [0.05, 0.1) is 12.6 Å². The highest BCUT2D eigenvalue weighted by Gasteiger charge is 2.13. The lowest BCUT2D eigenvalue weighted by molar-refractivity contribution is 0.0989. The second kappa shape index (κ2) is 4.62. The standard InChI is InChI=1S/C14H17NO2/c1-4-14(16)12-9-15(5-2)13-8-10(17-3)6-7-11(12)13/h6-9H,4-5H2,1-3H3. The summed E-state index contributed by atoms with van der Waals surface area (Å²) in [6, 6.07) is 5.84. The summed E-state index contributed by atoms with van der Waals surface area (Å²) in [4.78, 5) is 11.9. The predicted octanol–water partition coefficient (Wildman–Crippen LogP) is 3.26. The third-order valence-corrected chi connectivity index (χ3v) is 3.05. The van der Waals surface area contributed by atoms with Gasteiger partial charge in [0, 0.05) is 36.2 Å². The Morgan fingerprint density at radius 1 is 1.35 bits per heavy atom. The summed E-state index contributed by atoms with van der Waals surface area (Å²) in [7, 11) is 1.65. The summed E-state index contributed by atoms with van der Waals surface area (Å²) in [6.45, 7) is 4.81. The molecule has 0 aliphatic carbocycles. The Balaban J connectivity index is 2.68. The van der Waals surface area contributed by atoms with Gasteiger partial charge in [0.2, 0.25) is 0 Å². The molecule has 2 aromatic rings. The van der Waals surface area contributed by atoms with Crippen LogP contribution in [-0.4, -0.2) is 17.5 Å². The van der Waals surface area contributed by atoms with Crippen molar-refractivity contribution in [2.45, 2.75) is 26.8 Å². The number of ketones is 1. The minimum absolute atomic E-state index is 0.187. The summed E-state index contributed by atoms with van der Waals surface area (Å²) < 4.78 is 7.30. The predicted molar refractivity (Wildman–Crippen MR) is 68.8 cm³/mol. The van der Waals surface area contributed by atoms with Gasteiger partial charge in [0.15, 0.2) is 5.78 Å². The minimum atomic E-state index is 0.187. The molecule has 0 saturated heterocycles. The smallest absolute Gasteiger partial charge is 0.164 e. The van der Waals surface area contributed by atoms with E-state index in [9.17, 15) is 4.79 Å². The van der Waals surface area contributed by atoms with Crippen LogP contribution in [-0.2, 0) is 6.54 Å². The number of hydrogen-bond donors (Lipinski definition) is 0. The Hall–Kier alpha value is -1.77. The lowest BCUT2D eigenvalue weighted by Gasteiger charge is -2.03. The van der Waals surface area contributed by atoms with Gasteiger partial charge in [0.1, 0.15) is 5.75 Å². The molecule has 0 bridgehead atoms. The summed E-state index contributed by atoms with van der Waals surface area (Å²) in [5, 5.41) is 1.01. The van der Waals surface area contributed by atoms with Crippen molar-refractivity contribution in [2.75, 3.05) is 7.11 Å². The molecule has 0 fully saturated rings. The van der Waals surface area contributed by atoms with Crippen molar-refractivity contribution in [2.24, 2.45) is 0 Å². The lowest BCUT2D eigenvalue weighted by atomic mass is 10.1. The van der Waals surface area contributed by atoms with E-state index in [1.54, 1.807) is 7.11 Å². The fourth-order valence-electron chi connectivity index (χ4n) is 2.07. The fraction of sp³-hybridized carbons (Fsp3) is 0.357.